The number of hydrogen-bond donors (Lipinski definition) is 1. The first-order chi connectivity index (χ1) is 11.7. The number of nitrogens with one attached hydrogen (secondary N) is 1. The van der Waals surface area contributed by atoms with Crippen LogP contribution in [0.4, 0.5) is 0 Å². The van der Waals surface area contributed by atoms with Crippen molar-refractivity contribution in [1.82, 2.24) is 19.4 Å². The molecule has 3 rings (SSSR count). The normalized spacial score (nSPS) is 11.8. The molecule has 1 aromatic carbocycles. The smallest absolute Gasteiger partial charge is 0.277 e. The first-order valence-corrected chi connectivity index (χ1v) is 8.92. The minimum absolute atomic E-state index is 0.0211. The second-order valence-corrected chi connectivity index (χ2v) is 6.28. The van der Waals surface area contributed by atoms with Crippen LogP contribution in [0.1, 0.15) is 33.1 Å². The summed E-state index contributed by atoms with van der Waals surface area (Å²) in [6, 6.07) is 7.91. The molecule has 5 nitrogen and oxygen atoms in total. The number of aromatic nitrogens is 3. The molecule has 128 valence electrons. The molecular weight excluding hydrogens is 300 g/mol. The summed E-state index contributed by atoms with van der Waals surface area (Å²) in [5, 5.41) is 1.01. The number of unbranched alkanes of at least 4 members (excludes halogenated alkanes) is 1. The maximum absolute atomic E-state index is 12.7. The first kappa shape index (κ1) is 16.7. The van der Waals surface area contributed by atoms with E-state index in [4.69, 9.17) is 0 Å². The number of H-pyrrole nitrogens is 1. The Bertz CT molecular complexity index is 865. The molecule has 0 spiro atoms. The maximum atomic E-state index is 12.7. The third-order valence-electron chi connectivity index (χ3n) is 4.63. The van der Waals surface area contributed by atoms with E-state index in [1.54, 1.807) is 10.9 Å². The molecule has 0 atom stereocenters. The van der Waals surface area contributed by atoms with Gasteiger partial charge in [-0.2, -0.15) is 0 Å². The van der Waals surface area contributed by atoms with Crippen LogP contribution in [0.25, 0.3) is 21.9 Å². The van der Waals surface area contributed by atoms with Gasteiger partial charge < -0.3 is 9.88 Å². The highest BCUT2D eigenvalue weighted by Gasteiger charge is 2.10. The van der Waals surface area contributed by atoms with E-state index >= 15 is 0 Å². The molecule has 1 N–H and O–H groups in total. The SMILES string of the molecule is CCCCN(CC)CCCn1cnc2c([nH]c3ccccc32)c1=O. The fourth-order valence-electron chi connectivity index (χ4n) is 3.17. The molecule has 0 saturated carbocycles. The summed E-state index contributed by atoms with van der Waals surface area (Å²) in [7, 11) is 0. The standard InChI is InChI=1S/C19H26N4O/c1-3-5-11-22(4-2)12-8-13-23-14-20-17-15-9-6-7-10-16(15)21-18(17)19(23)24/h6-7,9-10,14,21H,3-5,8,11-13H2,1-2H3. The Morgan fingerprint density at radius 1 is 1.17 bits per heavy atom. The Morgan fingerprint density at radius 2 is 1.96 bits per heavy atom. The summed E-state index contributed by atoms with van der Waals surface area (Å²) in [5.41, 5.74) is 2.36. The van der Waals surface area contributed by atoms with E-state index in [1.165, 1.54) is 12.8 Å². The number of benzene rings is 1. The summed E-state index contributed by atoms with van der Waals surface area (Å²) in [4.78, 5) is 22.9. The zero-order valence-electron chi connectivity index (χ0n) is 14.6. The molecule has 3 aromatic rings. The summed E-state index contributed by atoms with van der Waals surface area (Å²) in [6.45, 7) is 8.34. The Balaban J connectivity index is 1.75. The second kappa shape index (κ2) is 7.62. The van der Waals surface area contributed by atoms with Crippen LogP contribution in [0.3, 0.4) is 0 Å². The minimum Gasteiger partial charge on any atom is -0.349 e. The molecule has 0 amide bonds. The zero-order chi connectivity index (χ0) is 16.9. The lowest BCUT2D eigenvalue weighted by Gasteiger charge is -2.20. The van der Waals surface area contributed by atoms with Crippen LogP contribution in [-0.4, -0.2) is 39.1 Å². The first-order valence-electron chi connectivity index (χ1n) is 8.92. The van der Waals surface area contributed by atoms with E-state index in [0.29, 0.717) is 12.1 Å². The van der Waals surface area contributed by atoms with Gasteiger partial charge in [0, 0.05) is 17.4 Å². The van der Waals surface area contributed by atoms with Crippen molar-refractivity contribution in [3.8, 4) is 0 Å². The molecule has 0 radical (unpaired) electrons. The maximum Gasteiger partial charge on any atom is 0.277 e. The molecule has 5 heteroatoms. The average molecular weight is 326 g/mol. The van der Waals surface area contributed by atoms with E-state index in [2.05, 4.69) is 28.7 Å². The van der Waals surface area contributed by atoms with Gasteiger partial charge in [-0.05, 0) is 38.5 Å². The van der Waals surface area contributed by atoms with Gasteiger partial charge in [-0.15, -0.1) is 0 Å². The highest BCUT2D eigenvalue weighted by atomic mass is 16.1. The topological polar surface area (TPSA) is 53.9 Å². The molecule has 0 unspecified atom stereocenters. The second-order valence-electron chi connectivity index (χ2n) is 6.28. The third kappa shape index (κ3) is 3.36. The number of hydrogen-bond acceptors (Lipinski definition) is 3. The van der Waals surface area contributed by atoms with Crippen LogP contribution in [-0.2, 0) is 6.54 Å². The van der Waals surface area contributed by atoms with Gasteiger partial charge in [0.25, 0.3) is 5.56 Å². The van der Waals surface area contributed by atoms with Crippen LogP contribution in [0.2, 0.25) is 0 Å². The highest BCUT2D eigenvalue weighted by Crippen LogP contribution is 2.20. The fourth-order valence-corrected chi connectivity index (χ4v) is 3.17. The summed E-state index contributed by atoms with van der Waals surface area (Å²) < 4.78 is 1.73. The molecule has 24 heavy (non-hydrogen) atoms. The van der Waals surface area contributed by atoms with Crippen molar-refractivity contribution < 1.29 is 0 Å². The number of para-hydroxylation sites is 1. The Morgan fingerprint density at radius 3 is 2.75 bits per heavy atom. The van der Waals surface area contributed by atoms with Crippen LogP contribution < -0.4 is 5.56 Å². The van der Waals surface area contributed by atoms with Crippen molar-refractivity contribution in [3.63, 3.8) is 0 Å². The highest BCUT2D eigenvalue weighted by molar-refractivity contribution is 6.04. The monoisotopic (exact) mass is 326 g/mol. The van der Waals surface area contributed by atoms with Crippen molar-refractivity contribution in [2.75, 3.05) is 19.6 Å². The molecule has 0 aliphatic rings. The van der Waals surface area contributed by atoms with E-state index in [9.17, 15) is 4.79 Å². The fraction of sp³-hybridized carbons (Fsp3) is 0.474. The number of aryl methyl sites for hydroxylation is 1. The van der Waals surface area contributed by atoms with Crippen LogP contribution >= 0.6 is 0 Å². The Hall–Kier alpha value is -2.14. The van der Waals surface area contributed by atoms with E-state index < -0.39 is 0 Å². The molecule has 0 fully saturated rings. The van der Waals surface area contributed by atoms with Crippen molar-refractivity contribution in [2.45, 2.75) is 39.7 Å². The van der Waals surface area contributed by atoms with Gasteiger partial charge >= 0.3 is 0 Å². The van der Waals surface area contributed by atoms with Gasteiger partial charge in [-0.25, -0.2) is 4.98 Å². The van der Waals surface area contributed by atoms with Gasteiger partial charge in [0.15, 0.2) is 0 Å². The summed E-state index contributed by atoms with van der Waals surface area (Å²) >= 11 is 0. The minimum atomic E-state index is 0.0211. The van der Waals surface area contributed by atoms with Crippen molar-refractivity contribution in [1.29, 1.82) is 0 Å². The quantitative estimate of drug-likeness (QED) is 0.690. The molecule has 2 heterocycles. The van der Waals surface area contributed by atoms with Gasteiger partial charge in [-0.1, -0.05) is 38.5 Å². The molecule has 0 bridgehead atoms. The lowest BCUT2D eigenvalue weighted by atomic mass is 10.2. The number of nitrogens with zero attached hydrogens (tertiary/aromatic N) is 3. The van der Waals surface area contributed by atoms with Gasteiger partial charge in [0.2, 0.25) is 0 Å². The molecule has 2 aromatic heterocycles. The predicted octanol–water partition coefficient (Wildman–Crippen LogP) is 3.39. The van der Waals surface area contributed by atoms with Gasteiger partial charge in [-0.3, -0.25) is 9.36 Å². The average Bonchev–Trinajstić information content (AvgIpc) is 2.99. The molecule has 0 aliphatic carbocycles. The number of rotatable bonds is 8. The Kier molecular flexibility index (Phi) is 5.30. The lowest BCUT2D eigenvalue weighted by molar-refractivity contribution is 0.274. The summed E-state index contributed by atoms with van der Waals surface area (Å²) in [6.07, 6.45) is 5.10. The lowest BCUT2D eigenvalue weighted by Crippen LogP contribution is -2.28. The van der Waals surface area contributed by atoms with E-state index in [1.807, 2.05) is 24.3 Å². The van der Waals surface area contributed by atoms with Crippen LogP contribution in [0.15, 0.2) is 35.4 Å². The Labute approximate surface area is 142 Å². The predicted molar refractivity (Wildman–Crippen MR) is 99.5 cm³/mol. The van der Waals surface area contributed by atoms with Gasteiger partial charge in [0.1, 0.15) is 11.0 Å². The van der Waals surface area contributed by atoms with Crippen molar-refractivity contribution >= 4 is 21.9 Å². The third-order valence-corrected chi connectivity index (χ3v) is 4.63. The molecule has 0 saturated heterocycles. The van der Waals surface area contributed by atoms with Crippen molar-refractivity contribution in [2.24, 2.45) is 0 Å². The van der Waals surface area contributed by atoms with Crippen molar-refractivity contribution in [3.05, 3.63) is 40.9 Å². The molecule has 0 aliphatic heterocycles. The zero-order valence-corrected chi connectivity index (χ0v) is 14.6. The van der Waals surface area contributed by atoms with Crippen LogP contribution in [0, 0.1) is 0 Å². The number of fused-ring (bicyclic) bond motifs is 3. The van der Waals surface area contributed by atoms with E-state index in [0.717, 1.165) is 42.5 Å². The molecular formula is C19H26N4O. The van der Waals surface area contributed by atoms with Crippen LogP contribution in [0.5, 0.6) is 0 Å². The summed E-state index contributed by atoms with van der Waals surface area (Å²) in [5.74, 6) is 0. The van der Waals surface area contributed by atoms with Gasteiger partial charge in [0.05, 0.1) is 6.33 Å². The number of aromatic amines is 1. The largest absolute Gasteiger partial charge is 0.349 e. The van der Waals surface area contributed by atoms with E-state index in [-0.39, 0.29) is 5.56 Å².